The van der Waals surface area contributed by atoms with E-state index in [1.54, 1.807) is 0 Å². The number of nitrogens with zero attached hydrogens (tertiary/aromatic N) is 1. The summed E-state index contributed by atoms with van der Waals surface area (Å²) in [5.74, 6) is -0.971. The van der Waals surface area contributed by atoms with E-state index in [0.717, 1.165) is 0 Å². The molecule has 0 aromatic heterocycles. The molecule has 0 heterocycles. The molecule has 0 aliphatic rings. The predicted octanol–water partition coefficient (Wildman–Crippen LogP) is 1.19. The normalized spacial score (nSPS) is 9.82. The molecule has 0 aliphatic carbocycles. The number of nitrogens with two attached hydrogens (primary N) is 1. The van der Waals surface area contributed by atoms with Gasteiger partial charge in [0.25, 0.3) is 5.91 Å². The van der Waals surface area contributed by atoms with E-state index >= 15 is 0 Å². The fourth-order valence-electron chi connectivity index (χ4n) is 1.38. The second-order valence-corrected chi connectivity index (χ2v) is 3.97. The quantitative estimate of drug-likeness (QED) is 0.822. The van der Waals surface area contributed by atoms with Crippen LogP contribution in [0.25, 0.3) is 0 Å². The maximum atomic E-state index is 13.6. The van der Waals surface area contributed by atoms with Crippen molar-refractivity contribution in [3.8, 4) is 5.75 Å². The maximum Gasteiger partial charge on any atom is 0.260 e. The van der Waals surface area contributed by atoms with Crippen molar-refractivity contribution in [2.24, 2.45) is 5.73 Å². The van der Waals surface area contributed by atoms with E-state index in [9.17, 15) is 9.18 Å². The van der Waals surface area contributed by atoms with E-state index in [-0.39, 0.29) is 22.8 Å². The van der Waals surface area contributed by atoms with Crippen molar-refractivity contribution in [1.82, 2.24) is 4.90 Å². The smallest absolute Gasteiger partial charge is 0.260 e. The Kier molecular flexibility index (Phi) is 4.39. The Morgan fingerprint density at radius 2 is 2.24 bits per heavy atom. The van der Waals surface area contributed by atoms with Gasteiger partial charge in [0.15, 0.2) is 0 Å². The molecule has 0 radical (unpaired) electrons. The SMILES string of the molecule is COc1cccc(F)c1C(=O)N(C)CC(N)=S. The van der Waals surface area contributed by atoms with Crippen LogP contribution in [0.5, 0.6) is 5.75 Å². The van der Waals surface area contributed by atoms with Crippen molar-refractivity contribution in [3.05, 3.63) is 29.6 Å². The lowest BCUT2D eigenvalue weighted by Gasteiger charge is -2.18. The molecule has 0 fully saturated rings. The number of benzene rings is 1. The number of amides is 1. The molecule has 0 atom stereocenters. The molecule has 6 heteroatoms. The average Bonchev–Trinajstić information content (AvgIpc) is 2.26. The fourth-order valence-corrected chi connectivity index (χ4v) is 1.57. The average molecular weight is 256 g/mol. The van der Waals surface area contributed by atoms with Crippen LogP contribution in [0, 0.1) is 5.82 Å². The number of rotatable bonds is 4. The third kappa shape index (κ3) is 3.13. The van der Waals surface area contributed by atoms with Crippen LogP contribution in [0.4, 0.5) is 4.39 Å². The number of thiocarbonyl (C=S) groups is 1. The molecule has 92 valence electrons. The Balaban J connectivity index is 3.07. The van der Waals surface area contributed by atoms with Crippen LogP contribution in [0.3, 0.4) is 0 Å². The number of ether oxygens (including phenoxy) is 1. The second-order valence-electron chi connectivity index (χ2n) is 3.44. The third-order valence-corrected chi connectivity index (χ3v) is 2.28. The van der Waals surface area contributed by atoms with Crippen LogP contribution in [0.2, 0.25) is 0 Å². The predicted molar refractivity (Wildman–Crippen MR) is 66.7 cm³/mol. The molecule has 0 bridgehead atoms. The van der Waals surface area contributed by atoms with Gasteiger partial charge in [-0.1, -0.05) is 18.3 Å². The van der Waals surface area contributed by atoms with Crippen LogP contribution in [-0.4, -0.2) is 36.5 Å². The summed E-state index contributed by atoms with van der Waals surface area (Å²) in [5.41, 5.74) is 5.21. The summed E-state index contributed by atoms with van der Waals surface area (Å²) >= 11 is 4.69. The van der Waals surface area contributed by atoms with Crippen LogP contribution < -0.4 is 10.5 Å². The molecular weight excluding hydrogens is 243 g/mol. The minimum Gasteiger partial charge on any atom is -0.496 e. The first-order valence-electron chi connectivity index (χ1n) is 4.83. The van der Waals surface area contributed by atoms with Gasteiger partial charge in [0.1, 0.15) is 17.1 Å². The minimum absolute atomic E-state index is 0.0889. The van der Waals surface area contributed by atoms with Crippen molar-refractivity contribution in [2.75, 3.05) is 20.7 Å². The summed E-state index contributed by atoms with van der Waals surface area (Å²) in [6, 6.07) is 4.19. The number of halogens is 1. The molecule has 0 spiro atoms. The Hall–Kier alpha value is -1.69. The van der Waals surface area contributed by atoms with Gasteiger partial charge in [0.05, 0.1) is 18.6 Å². The van der Waals surface area contributed by atoms with Gasteiger partial charge in [0, 0.05) is 7.05 Å². The number of methoxy groups -OCH3 is 1. The standard InChI is InChI=1S/C11H13FN2O2S/c1-14(6-9(13)17)11(15)10-7(12)4-3-5-8(10)16-2/h3-5H,6H2,1-2H3,(H2,13,17). The number of hydrogen-bond acceptors (Lipinski definition) is 3. The molecule has 17 heavy (non-hydrogen) atoms. The van der Waals surface area contributed by atoms with Gasteiger partial charge in [-0.15, -0.1) is 0 Å². The van der Waals surface area contributed by atoms with E-state index in [0.29, 0.717) is 0 Å². The molecule has 1 rings (SSSR count). The van der Waals surface area contributed by atoms with E-state index in [1.807, 2.05) is 0 Å². The Labute approximate surface area is 104 Å². The molecule has 0 saturated carbocycles. The molecule has 0 unspecified atom stereocenters. The summed E-state index contributed by atoms with van der Waals surface area (Å²) < 4.78 is 18.5. The van der Waals surface area contributed by atoms with Crippen LogP contribution >= 0.6 is 12.2 Å². The highest BCUT2D eigenvalue weighted by Gasteiger charge is 2.21. The fraction of sp³-hybridized carbons (Fsp3) is 0.273. The van der Waals surface area contributed by atoms with Crippen molar-refractivity contribution in [2.45, 2.75) is 0 Å². The zero-order chi connectivity index (χ0) is 13.0. The molecule has 4 nitrogen and oxygen atoms in total. The first-order chi connectivity index (χ1) is 7.97. The van der Waals surface area contributed by atoms with Crippen molar-refractivity contribution in [1.29, 1.82) is 0 Å². The highest BCUT2D eigenvalue weighted by Crippen LogP contribution is 2.22. The van der Waals surface area contributed by atoms with E-state index in [1.165, 1.54) is 37.3 Å². The summed E-state index contributed by atoms with van der Waals surface area (Å²) in [6.07, 6.45) is 0. The lowest BCUT2D eigenvalue weighted by atomic mass is 10.1. The molecule has 1 aromatic carbocycles. The number of likely N-dealkylation sites (N-methyl/N-ethyl adjacent to an activating group) is 1. The molecule has 0 aliphatic heterocycles. The number of hydrogen-bond donors (Lipinski definition) is 1. The lowest BCUT2D eigenvalue weighted by molar-refractivity contribution is 0.0807. The van der Waals surface area contributed by atoms with Crippen molar-refractivity contribution in [3.63, 3.8) is 0 Å². The van der Waals surface area contributed by atoms with E-state index in [4.69, 9.17) is 22.7 Å². The van der Waals surface area contributed by atoms with Gasteiger partial charge in [-0.2, -0.15) is 0 Å². The highest BCUT2D eigenvalue weighted by atomic mass is 32.1. The lowest BCUT2D eigenvalue weighted by Crippen LogP contribution is -2.35. The van der Waals surface area contributed by atoms with Crippen LogP contribution in [0.1, 0.15) is 10.4 Å². The zero-order valence-electron chi connectivity index (χ0n) is 9.57. The van der Waals surface area contributed by atoms with E-state index < -0.39 is 11.7 Å². The largest absolute Gasteiger partial charge is 0.496 e. The molecular formula is C11H13FN2O2S. The van der Waals surface area contributed by atoms with Crippen molar-refractivity contribution < 1.29 is 13.9 Å². The monoisotopic (exact) mass is 256 g/mol. The third-order valence-electron chi connectivity index (χ3n) is 2.15. The number of carbonyl (C=O) groups excluding carboxylic acids is 1. The van der Waals surface area contributed by atoms with Crippen LogP contribution in [-0.2, 0) is 0 Å². The highest BCUT2D eigenvalue weighted by molar-refractivity contribution is 7.80. The summed E-state index contributed by atoms with van der Waals surface area (Å²) in [5, 5.41) is 0. The van der Waals surface area contributed by atoms with Gasteiger partial charge in [-0.3, -0.25) is 4.79 Å². The first kappa shape index (κ1) is 13.4. The molecule has 1 amide bonds. The molecule has 1 aromatic rings. The van der Waals surface area contributed by atoms with Gasteiger partial charge in [0.2, 0.25) is 0 Å². The minimum atomic E-state index is -0.635. The second kappa shape index (κ2) is 5.58. The Morgan fingerprint density at radius 3 is 2.76 bits per heavy atom. The van der Waals surface area contributed by atoms with Gasteiger partial charge >= 0.3 is 0 Å². The summed E-state index contributed by atoms with van der Waals surface area (Å²) in [4.78, 5) is 13.4. The van der Waals surface area contributed by atoms with Gasteiger partial charge in [-0.25, -0.2) is 4.39 Å². The van der Waals surface area contributed by atoms with Crippen molar-refractivity contribution >= 4 is 23.1 Å². The van der Waals surface area contributed by atoms with Crippen LogP contribution in [0.15, 0.2) is 18.2 Å². The first-order valence-corrected chi connectivity index (χ1v) is 5.24. The molecule has 0 saturated heterocycles. The Bertz CT molecular complexity index is 451. The van der Waals surface area contributed by atoms with Gasteiger partial charge < -0.3 is 15.4 Å². The summed E-state index contributed by atoms with van der Waals surface area (Å²) in [6.45, 7) is 0.0889. The Morgan fingerprint density at radius 1 is 1.59 bits per heavy atom. The van der Waals surface area contributed by atoms with Gasteiger partial charge in [-0.05, 0) is 12.1 Å². The van der Waals surface area contributed by atoms with E-state index in [2.05, 4.69) is 0 Å². The zero-order valence-corrected chi connectivity index (χ0v) is 10.4. The summed E-state index contributed by atoms with van der Waals surface area (Å²) in [7, 11) is 2.87. The maximum absolute atomic E-state index is 13.6. The molecule has 2 N–H and O–H groups in total. The topological polar surface area (TPSA) is 55.6 Å². The number of carbonyl (C=O) groups is 1.